The number of nitrogens with zero attached hydrogens (tertiary/aromatic N) is 2. The second kappa shape index (κ2) is 6.02. The third-order valence-electron chi connectivity index (χ3n) is 3.72. The van der Waals surface area contributed by atoms with E-state index >= 15 is 0 Å². The van der Waals surface area contributed by atoms with Crippen molar-refractivity contribution in [2.45, 2.75) is 45.1 Å². The van der Waals surface area contributed by atoms with Crippen LogP contribution in [0.4, 0.5) is 0 Å². The fraction of sp³-hybridized carbons (Fsp3) is 0.846. The molecule has 0 aromatic heterocycles. The van der Waals surface area contributed by atoms with Gasteiger partial charge in [0.1, 0.15) is 5.41 Å². The second-order valence-electron chi connectivity index (χ2n) is 4.97. The summed E-state index contributed by atoms with van der Waals surface area (Å²) < 4.78 is 5.05. The molecule has 0 spiro atoms. The Hall–Kier alpha value is -1.08. The largest absolute Gasteiger partial charge is 0.383 e. The molecule has 0 N–H and O–H groups in total. The highest BCUT2D eigenvalue weighted by Gasteiger charge is 2.42. The van der Waals surface area contributed by atoms with E-state index < -0.39 is 5.41 Å². The lowest BCUT2D eigenvalue weighted by Crippen LogP contribution is -2.47. The number of ether oxygens (including phenoxy) is 1. The van der Waals surface area contributed by atoms with Crippen LogP contribution in [-0.2, 0) is 9.53 Å². The summed E-state index contributed by atoms with van der Waals surface area (Å²) in [6.45, 7) is 2.44. The Morgan fingerprint density at radius 1 is 1.47 bits per heavy atom. The van der Waals surface area contributed by atoms with Gasteiger partial charge in [0.25, 0.3) is 0 Å². The van der Waals surface area contributed by atoms with Crippen LogP contribution in [0.5, 0.6) is 0 Å². The van der Waals surface area contributed by atoms with E-state index in [1.165, 1.54) is 0 Å². The highest BCUT2D eigenvalue weighted by atomic mass is 16.5. The van der Waals surface area contributed by atoms with Gasteiger partial charge in [-0.15, -0.1) is 0 Å². The van der Waals surface area contributed by atoms with Crippen molar-refractivity contribution in [2.24, 2.45) is 5.41 Å². The number of carbonyl (C=O) groups excluding carboxylic acids is 1. The number of amides is 1. The summed E-state index contributed by atoms with van der Waals surface area (Å²) in [5, 5.41) is 9.34. The minimum absolute atomic E-state index is 0.0136. The van der Waals surface area contributed by atoms with Gasteiger partial charge in [0.15, 0.2) is 0 Å². The van der Waals surface area contributed by atoms with Gasteiger partial charge < -0.3 is 9.64 Å². The predicted molar refractivity (Wildman–Crippen MR) is 65.2 cm³/mol. The maximum atomic E-state index is 12.4. The van der Waals surface area contributed by atoms with E-state index in [0.717, 1.165) is 19.3 Å². The van der Waals surface area contributed by atoms with Crippen molar-refractivity contribution in [1.29, 1.82) is 5.26 Å². The Morgan fingerprint density at radius 2 is 2.06 bits per heavy atom. The molecule has 0 bridgehead atoms. The molecule has 1 aliphatic carbocycles. The number of likely N-dealkylation sites (N-methyl/N-ethyl adjacent to an activating group) is 1. The van der Waals surface area contributed by atoms with E-state index in [-0.39, 0.29) is 11.9 Å². The average Bonchev–Trinajstić information content (AvgIpc) is 2.38. The maximum Gasteiger partial charge on any atom is 0.243 e. The monoisotopic (exact) mass is 238 g/mol. The van der Waals surface area contributed by atoms with Crippen molar-refractivity contribution in [3.63, 3.8) is 0 Å². The predicted octanol–water partition coefficient (Wildman–Crippen LogP) is 1.95. The van der Waals surface area contributed by atoms with Gasteiger partial charge in [0.2, 0.25) is 5.91 Å². The first kappa shape index (κ1) is 14.0. The van der Waals surface area contributed by atoms with Crippen LogP contribution in [0.2, 0.25) is 0 Å². The molecule has 1 atom stereocenters. The molecule has 0 aromatic rings. The Morgan fingerprint density at radius 3 is 2.53 bits per heavy atom. The lowest BCUT2D eigenvalue weighted by molar-refractivity contribution is -0.142. The zero-order valence-corrected chi connectivity index (χ0v) is 11.0. The topological polar surface area (TPSA) is 53.3 Å². The van der Waals surface area contributed by atoms with Gasteiger partial charge in [-0.3, -0.25) is 4.79 Å². The molecule has 4 heteroatoms. The first-order valence-corrected chi connectivity index (χ1v) is 6.25. The smallest absolute Gasteiger partial charge is 0.243 e. The Kier molecular flexibility index (Phi) is 4.95. The van der Waals surface area contributed by atoms with Crippen molar-refractivity contribution in [3.8, 4) is 6.07 Å². The fourth-order valence-electron chi connectivity index (χ4n) is 2.42. The number of nitriles is 1. The average molecular weight is 238 g/mol. The van der Waals surface area contributed by atoms with E-state index in [1.54, 1.807) is 19.1 Å². The molecule has 1 saturated carbocycles. The van der Waals surface area contributed by atoms with Crippen LogP contribution in [0.1, 0.15) is 39.0 Å². The molecular weight excluding hydrogens is 216 g/mol. The molecule has 0 aliphatic heterocycles. The van der Waals surface area contributed by atoms with Crippen molar-refractivity contribution in [3.05, 3.63) is 0 Å². The van der Waals surface area contributed by atoms with Crippen LogP contribution < -0.4 is 0 Å². The molecule has 1 fully saturated rings. The van der Waals surface area contributed by atoms with Crippen LogP contribution in [0.3, 0.4) is 0 Å². The molecule has 1 unspecified atom stereocenters. The van der Waals surface area contributed by atoms with E-state index in [2.05, 4.69) is 6.07 Å². The van der Waals surface area contributed by atoms with Crippen molar-refractivity contribution in [2.75, 3.05) is 20.8 Å². The second-order valence-corrected chi connectivity index (χ2v) is 4.97. The molecule has 0 radical (unpaired) electrons. The normalized spacial score (nSPS) is 20.4. The summed E-state index contributed by atoms with van der Waals surface area (Å²) in [5.74, 6) is -0.0377. The van der Waals surface area contributed by atoms with Crippen LogP contribution in [0.25, 0.3) is 0 Å². The lowest BCUT2D eigenvalue weighted by atomic mass is 9.74. The summed E-state index contributed by atoms with van der Waals surface area (Å²) in [6.07, 6.45) is 4.49. The summed E-state index contributed by atoms with van der Waals surface area (Å²) in [6, 6.07) is 2.28. The Bertz CT molecular complexity index is 303. The Labute approximate surface area is 104 Å². The molecule has 0 heterocycles. The third kappa shape index (κ3) is 2.98. The molecule has 96 valence electrons. The Balaban J connectivity index is 2.75. The van der Waals surface area contributed by atoms with E-state index in [1.807, 2.05) is 6.92 Å². The molecular formula is C13H22N2O2. The van der Waals surface area contributed by atoms with E-state index in [9.17, 15) is 10.1 Å². The van der Waals surface area contributed by atoms with Gasteiger partial charge in [0, 0.05) is 14.2 Å². The molecule has 1 aliphatic rings. The molecule has 4 nitrogen and oxygen atoms in total. The third-order valence-corrected chi connectivity index (χ3v) is 3.72. The standard InChI is InChI=1S/C13H22N2O2/c1-11(9-17-3)15(2)12(16)13(10-14)7-5-4-6-8-13/h11H,4-9H2,1-3H3. The highest BCUT2D eigenvalue weighted by Crippen LogP contribution is 2.37. The number of hydrogen-bond donors (Lipinski definition) is 0. The summed E-state index contributed by atoms with van der Waals surface area (Å²) >= 11 is 0. The van der Waals surface area contributed by atoms with Crippen LogP contribution in [0.15, 0.2) is 0 Å². The first-order valence-electron chi connectivity index (χ1n) is 6.25. The van der Waals surface area contributed by atoms with Crippen LogP contribution in [0, 0.1) is 16.7 Å². The zero-order chi connectivity index (χ0) is 12.9. The van der Waals surface area contributed by atoms with Gasteiger partial charge in [-0.1, -0.05) is 19.3 Å². The molecule has 0 aromatic carbocycles. The fourth-order valence-corrected chi connectivity index (χ4v) is 2.42. The minimum Gasteiger partial charge on any atom is -0.383 e. The number of carbonyl (C=O) groups is 1. The molecule has 17 heavy (non-hydrogen) atoms. The number of methoxy groups -OCH3 is 1. The van der Waals surface area contributed by atoms with Gasteiger partial charge in [-0.25, -0.2) is 0 Å². The van der Waals surface area contributed by atoms with Crippen LogP contribution >= 0.6 is 0 Å². The van der Waals surface area contributed by atoms with Crippen molar-refractivity contribution >= 4 is 5.91 Å². The van der Waals surface area contributed by atoms with E-state index in [0.29, 0.717) is 19.4 Å². The van der Waals surface area contributed by atoms with Gasteiger partial charge >= 0.3 is 0 Å². The number of rotatable bonds is 4. The quantitative estimate of drug-likeness (QED) is 0.752. The molecule has 1 rings (SSSR count). The van der Waals surface area contributed by atoms with Gasteiger partial charge in [-0.05, 0) is 19.8 Å². The van der Waals surface area contributed by atoms with Crippen LogP contribution in [-0.4, -0.2) is 37.6 Å². The lowest BCUT2D eigenvalue weighted by Gasteiger charge is -2.35. The van der Waals surface area contributed by atoms with Gasteiger partial charge in [0.05, 0.1) is 18.7 Å². The van der Waals surface area contributed by atoms with Gasteiger partial charge in [-0.2, -0.15) is 5.26 Å². The number of hydrogen-bond acceptors (Lipinski definition) is 3. The summed E-state index contributed by atoms with van der Waals surface area (Å²) in [7, 11) is 3.38. The summed E-state index contributed by atoms with van der Waals surface area (Å²) in [5.41, 5.74) is -0.783. The highest BCUT2D eigenvalue weighted by molar-refractivity contribution is 5.85. The van der Waals surface area contributed by atoms with Crippen molar-refractivity contribution < 1.29 is 9.53 Å². The summed E-state index contributed by atoms with van der Waals surface area (Å²) in [4.78, 5) is 14.1. The zero-order valence-electron chi connectivity index (χ0n) is 11.0. The maximum absolute atomic E-state index is 12.4. The SMILES string of the molecule is COCC(C)N(C)C(=O)C1(C#N)CCCCC1. The molecule has 0 saturated heterocycles. The minimum atomic E-state index is -0.783. The molecule has 1 amide bonds. The first-order chi connectivity index (χ1) is 8.07. The van der Waals surface area contributed by atoms with Crippen molar-refractivity contribution in [1.82, 2.24) is 4.90 Å². The van der Waals surface area contributed by atoms with E-state index in [4.69, 9.17) is 4.74 Å².